The quantitative estimate of drug-likeness (QED) is 0.561. The zero-order valence-corrected chi connectivity index (χ0v) is 13.7. The van der Waals surface area contributed by atoms with Gasteiger partial charge in [-0.15, -0.1) is 0 Å². The molecular formula is C22H18N2O. The third kappa shape index (κ3) is 3.45. The molecule has 0 aliphatic rings. The second-order valence-electron chi connectivity index (χ2n) is 5.96. The lowest BCUT2D eigenvalue weighted by molar-refractivity contribution is 0.482. The van der Waals surface area contributed by atoms with Crippen molar-refractivity contribution in [3.63, 3.8) is 0 Å². The van der Waals surface area contributed by atoms with Crippen LogP contribution in [0.2, 0.25) is 0 Å². The predicted octanol–water partition coefficient (Wildman–Crippen LogP) is 5.20. The molecular weight excluding hydrogens is 308 g/mol. The first-order valence-electron chi connectivity index (χ1n) is 8.24. The first-order chi connectivity index (χ1) is 12.3. The van der Waals surface area contributed by atoms with Gasteiger partial charge in [-0.05, 0) is 42.0 Å². The number of hydrogen-bond donors (Lipinski definition) is 1. The number of para-hydroxylation sites is 2. The SMILES string of the molecule is Nc1cc(Cc2cccc(Oc3ccccc3)c2)nc2ccccc12. The fourth-order valence-electron chi connectivity index (χ4n) is 2.90. The number of anilines is 1. The van der Waals surface area contributed by atoms with Crippen molar-refractivity contribution in [3.8, 4) is 11.5 Å². The van der Waals surface area contributed by atoms with E-state index >= 15 is 0 Å². The van der Waals surface area contributed by atoms with Gasteiger partial charge in [0.05, 0.1) is 5.52 Å². The molecule has 0 bridgehead atoms. The molecule has 1 aromatic heterocycles. The summed E-state index contributed by atoms with van der Waals surface area (Å²) >= 11 is 0. The van der Waals surface area contributed by atoms with E-state index in [0.29, 0.717) is 6.42 Å². The van der Waals surface area contributed by atoms with E-state index in [1.807, 2.05) is 78.9 Å². The van der Waals surface area contributed by atoms with E-state index in [2.05, 4.69) is 6.07 Å². The van der Waals surface area contributed by atoms with Crippen LogP contribution in [-0.2, 0) is 6.42 Å². The van der Waals surface area contributed by atoms with Gasteiger partial charge in [0, 0.05) is 23.2 Å². The number of hydrogen-bond acceptors (Lipinski definition) is 3. The van der Waals surface area contributed by atoms with Gasteiger partial charge in [-0.1, -0.05) is 48.5 Å². The van der Waals surface area contributed by atoms with Crippen molar-refractivity contribution < 1.29 is 4.74 Å². The maximum atomic E-state index is 6.18. The molecule has 3 heteroatoms. The summed E-state index contributed by atoms with van der Waals surface area (Å²) in [4.78, 5) is 4.72. The lowest BCUT2D eigenvalue weighted by atomic mass is 10.1. The Hall–Kier alpha value is -3.33. The third-order valence-corrected chi connectivity index (χ3v) is 4.06. The second kappa shape index (κ2) is 6.65. The first kappa shape index (κ1) is 15.2. The van der Waals surface area contributed by atoms with Gasteiger partial charge in [-0.3, -0.25) is 4.98 Å². The number of nitrogen functional groups attached to an aromatic ring is 1. The van der Waals surface area contributed by atoms with Crippen LogP contribution in [0.1, 0.15) is 11.3 Å². The van der Waals surface area contributed by atoms with Gasteiger partial charge in [0.25, 0.3) is 0 Å². The average molecular weight is 326 g/mol. The molecule has 0 amide bonds. The Labute approximate surface area is 146 Å². The Bertz CT molecular complexity index is 1010. The van der Waals surface area contributed by atoms with Gasteiger partial charge >= 0.3 is 0 Å². The summed E-state index contributed by atoms with van der Waals surface area (Å²) in [6, 6.07) is 27.7. The predicted molar refractivity (Wildman–Crippen MR) is 102 cm³/mol. The molecule has 0 saturated carbocycles. The largest absolute Gasteiger partial charge is 0.457 e. The highest BCUT2D eigenvalue weighted by molar-refractivity contribution is 5.90. The van der Waals surface area contributed by atoms with Crippen LogP contribution in [-0.4, -0.2) is 4.98 Å². The fourth-order valence-corrected chi connectivity index (χ4v) is 2.90. The smallest absolute Gasteiger partial charge is 0.127 e. The number of benzene rings is 3. The number of rotatable bonds is 4. The number of ether oxygens (including phenoxy) is 1. The zero-order chi connectivity index (χ0) is 17.1. The van der Waals surface area contributed by atoms with Gasteiger partial charge in [0.1, 0.15) is 11.5 Å². The molecule has 4 aromatic rings. The molecule has 2 N–H and O–H groups in total. The molecule has 3 nitrogen and oxygen atoms in total. The average Bonchev–Trinajstić information content (AvgIpc) is 2.63. The van der Waals surface area contributed by atoms with E-state index < -0.39 is 0 Å². The van der Waals surface area contributed by atoms with Crippen molar-refractivity contribution in [2.45, 2.75) is 6.42 Å². The lowest BCUT2D eigenvalue weighted by Gasteiger charge is -2.09. The van der Waals surface area contributed by atoms with E-state index in [1.54, 1.807) is 0 Å². The van der Waals surface area contributed by atoms with Crippen molar-refractivity contribution in [1.82, 2.24) is 4.98 Å². The van der Waals surface area contributed by atoms with Crippen LogP contribution in [0.25, 0.3) is 10.9 Å². The number of nitrogens with two attached hydrogens (primary N) is 1. The van der Waals surface area contributed by atoms with Gasteiger partial charge in [0.2, 0.25) is 0 Å². The van der Waals surface area contributed by atoms with Crippen LogP contribution >= 0.6 is 0 Å². The number of fused-ring (bicyclic) bond motifs is 1. The van der Waals surface area contributed by atoms with E-state index in [4.69, 9.17) is 15.5 Å². The van der Waals surface area contributed by atoms with E-state index in [1.165, 1.54) is 0 Å². The van der Waals surface area contributed by atoms with E-state index in [-0.39, 0.29) is 0 Å². The summed E-state index contributed by atoms with van der Waals surface area (Å²) in [5.41, 5.74) is 9.95. The van der Waals surface area contributed by atoms with Crippen LogP contribution in [0.5, 0.6) is 11.5 Å². The summed E-state index contributed by atoms with van der Waals surface area (Å²) in [7, 11) is 0. The summed E-state index contributed by atoms with van der Waals surface area (Å²) in [5, 5.41) is 0.993. The highest BCUT2D eigenvalue weighted by atomic mass is 16.5. The molecule has 122 valence electrons. The maximum absolute atomic E-state index is 6.18. The molecule has 0 atom stereocenters. The minimum atomic E-state index is 0.709. The Kier molecular flexibility index (Phi) is 4.05. The van der Waals surface area contributed by atoms with Crippen molar-refractivity contribution in [3.05, 3.63) is 96.2 Å². The molecule has 0 aliphatic carbocycles. The fraction of sp³-hybridized carbons (Fsp3) is 0.0455. The third-order valence-electron chi connectivity index (χ3n) is 4.06. The lowest BCUT2D eigenvalue weighted by Crippen LogP contribution is -1.97. The molecule has 0 spiro atoms. The van der Waals surface area contributed by atoms with Gasteiger partial charge in [0.15, 0.2) is 0 Å². The molecule has 0 saturated heterocycles. The molecule has 0 unspecified atom stereocenters. The monoisotopic (exact) mass is 326 g/mol. The Morgan fingerprint density at radius 1 is 0.760 bits per heavy atom. The van der Waals surface area contributed by atoms with Crippen LogP contribution in [0.15, 0.2) is 84.9 Å². The minimum absolute atomic E-state index is 0.709. The molecule has 25 heavy (non-hydrogen) atoms. The van der Waals surface area contributed by atoms with Crippen LogP contribution in [0.4, 0.5) is 5.69 Å². The molecule has 0 aliphatic heterocycles. The van der Waals surface area contributed by atoms with Gasteiger partial charge in [-0.2, -0.15) is 0 Å². The summed E-state index contributed by atoms with van der Waals surface area (Å²) < 4.78 is 5.91. The molecule has 0 fully saturated rings. The molecule has 4 rings (SSSR count). The Morgan fingerprint density at radius 2 is 1.52 bits per heavy atom. The molecule has 1 heterocycles. The highest BCUT2D eigenvalue weighted by Crippen LogP contribution is 2.25. The molecule has 3 aromatic carbocycles. The number of aromatic nitrogens is 1. The Morgan fingerprint density at radius 3 is 2.40 bits per heavy atom. The Balaban J connectivity index is 1.60. The standard InChI is InChI=1S/C22H18N2O/c23-21-15-17(24-22-12-5-4-11-20(21)22)13-16-7-6-10-19(14-16)25-18-8-2-1-3-9-18/h1-12,14-15H,13H2,(H2,23,24). The van der Waals surface area contributed by atoms with Crippen molar-refractivity contribution in [2.24, 2.45) is 0 Å². The van der Waals surface area contributed by atoms with Crippen LogP contribution in [0, 0.1) is 0 Å². The first-order valence-corrected chi connectivity index (χ1v) is 8.24. The second-order valence-corrected chi connectivity index (χ2v) is 5.96. The maximum Gasteiger partial charge on any atom is 0.127 e. The summed E-state index contributed by atoms with van der Waals surface area (Å²) in [6.07, 6.45) is 0.709. The van der Waals surface area contributed by atoms with Crippen LogP contribution < -0.4 is 10.5 Å². The minimum Gasteiger partial charge on any atom is -0.457 e. The highest BCUT2D eigenvalue weighted by Gasteiger charge is 2.05. The summed E-state index contributed by atoms with van der Waals surface area (Å²) in [6.45, 7) is 0. The zero-order valence-electron chi connectivity index (χ0n) is 13.7. The van der Waals surface area contributed by atoms with Crippen molar-refractivity contribution in [2.75, 3.05) is 5.73 Å². The van der Waals surface area contributed by atoms with Gasteiger partial charge in [-0.25, -0.2) is 0 Å². The normalized spacial score (nSPS) is 10.7. The van der Waals surface area contributed by atoms with Gasteiger partial charge < -0.3 is 10.5 Å². The van der Waals surface area contributed by atoms with Crippen molar-refractivity contribution in [1.29, 1.82) is 0 Å². The number of nitrogens with zero attached hydrogens (tertiary/aromatic N) is 1. The summed E-state index contributed by atoms with van der Waals surface area (Å²) in [5.74, 6) is 1.64. The molecule has 0 radical (unpaired) electrons. The van der Waals surface area contributed by atoms with E-state index in [0.717, 1.165) is 39.3 Å². The van der Waals surface area contributed by atoms with Crippen LogP contribution in [0.3, 0.4) is 0 Å². The van der Waals surface area contributed by atoms with Crippen molar-refractivity contribution >= 4 is 16.6 Å². The van der Waals surface area contributed by atoms with E-state index in [9.17, 15) is 0 Å². The number of pyridine rings is 1. The topological polar surface area (TPSA) is 48.1 Å².